The summed E-state index contributed by atoms with van der Waals surface area (Å²) in [6, 6.07) is 11.6. The number of carbonyl (C=O) groups is 1. The SMILES string of the molecule is N[C@@H](C(=O)Nc1c(Cl)cc(Br)cc1Cl)c1ccccc1. The first-order valence-corrected chi connectivity index (χ1v) is 7.30. The van der Waals surface area contributed by atoms with Crippen molar-refractivity contribution in [2.24, 2.45) is 5.73 Å². The van der Waals surface area contributed by atoms with Crippen LogP contribution in [0.1, 0.15) is 11.6 Å². The van der Waals surface area contributed by atoms with Crippen molar-refractivity contribution in [3.05, 3.63) is 62.5 Å². The number of halogens is 3. The Hall–Kier alpha value is -1.07. The molecule has 0 aliphatic rings. The van der Waals surface area contributed by atoms with Crippen LogP contribution in [0.5, 0.6) is 0 Å². The van der Waals surface area contributed by atoms with Crippen molar-refractivity contribution < 1.29 is 4.79 Å². The number of nitrogens with one attached hydrogen (secondary N) is 1. The average Bonchev–Trinajstić information content (AvgIpc) is 2.42. The fourth-order valence-electron chi connectivity index (χ4n) is 1.67. The normalized spacial score (nSPS) is 12.0. The first-order chi connectivity index (χ1) is 9.49. The zero-order valence-corrected chi connectivity index (χ0v) is 13.3. The summed E-state index contributed by atoms with van der Waals surface area (Å²) in [5.74, 6) is -0.373. The zero-order chi connectivity index (χ0) is 14.7. The number of amides is 1. The predicted molar refractivity (Wildman–Crippen MR) is 86.2 cm³/mol. The molecule has 2 aromatic rings. The highest BCUT2D eigenvalue weighted by atomic mass is 79.9. The Morgan fingerprint density at radius 2 is 1.70 bits per heavy atom. The van der Waals surface area contributed by atoms with Gasteiger partial charge in [0.15, 0.2) is 0 Å². The molecular weight excluding hydrogens is 363 g/mol. The molecule has 0 heterocycles. The number of hydrogen-bond acceptors (Lipinski definition) is 2. The van der Waals surface area contributed by atoms with Crippen LogP contribution in [0.3, 0.4) is 0 Å². The van der Waals surface area contributed by atoms with Gasteiger partial charge >= 0.3 is 0 Å². The van der Waals surface area contributed by atoms with Crippen molar-refractivity contribution in [2.45, 2.75) is 6.04 Å². The predicted octanol–water partition coefficient (Wildman–Crippen LogP) is 4.39. The monoisotopic (exact) mass is 372 g/mol. The molecule has 0 unspecified atom stereocenters. The molecule has 0 aliphatic carbocycles. The Labute approximate surface area is 135 Å². The molecule has 1 amide bonds. The smallest absolute Gasteiger partial charge is 0.245 e. The van der Waals surface area contributed by atoms with E-state index in [0.717, 1.165) is 4.47 Å². The summed E-state index contributed by atoms with van der Waals surface area (Å²) in [6.07, 6.45) is 0. The molecule has 0 spiro atoms. The van der Waals surface area contributed by atoms with Gasteiger partial charge in [0.05, 0.1) is 15.7 Å². The lowest BCUT2D eigenvalue weighted by molar-refractivity contribution is -0.117. The first-order valence-electron chi connectivity index (χ1n) is 5.75. The number of carbonyl (C=O) groups excluding carboxylic acids is 1. The second kappa shape index (κ2) is 6.59. The molecule has 20 heavy (non-hydrogen) atoms. The van der Waals surface area contributed by atoms with E-state index in [0.29, 0.717) is 21.3 Å². The van der Waals surface area contributed by atoms with Crippen LogP contribution in [0.15, 0.2) is 46.9 Å². The minimum atomic E-state index is -0.785. The molecule has 0 saturated carbocycles. The molecule has 0 bridgehead atoms. The lowest BCUT2D eigenvalue weighted by atomic mass is 10.1. The van der Waals surface area contributed by atoms with Gasteiger partial charge < -0.3 is 11.1 Å². The van der Waals surface area contributed by atoms with Gasteiger partial charge in [-0.05, 0) is 17.7 Å². The third kappa shape index (κ3) is 3.52. The molecule has 104 valence electrons. The average molecular weight is 374 g/mol. The van der Waals surface area contributed by atoms with Gasteiger partial charge in [0.25, 0.3) is 0 Å². The van der Waals surface area contributed by atoms with Gasteiger partial charge in [-0.15, -0.1) is 0 Å². The van der Waals surface area contributed by atoms with Gasteiger partial charge in [-0.25, -0.2) is 0 Å². The fourth-order valence-corrected chi connectivity index (χ4v) is 2.98. The number of nitrogens with two attached hydrogens (primary N) is 1. The van der Waals surface area contributed by atoms with E-state index in [2.05, 4.69) is 21.2 Å². The van der Waals surface area contributed by atoms with E-state index >= 15 is 0 Å². The number of hydrogen-bond donors (Lipinski definition) is 2. The van der Waals surface area contributed by atoms with E-state index in [9.17, 15) is 4.79 Å². The van der Waals surface area contributed by atoms with Gasteiger partial charge in [0, 0.05) is 4.47 Å². The molecule has 1 atom stereocenters. The molecule has 0 fully saturated rings. The molecule has 6 heteroatoms. The van der Waals surface area contributed by atoms with Crippen molar-refractivity contribution in [3.8, 4) is 0 Å². The molecule has 2 aromatic carbocycles. The Kier molecular flexibility index (Phi) is 5.05. The first kappa shape index (κ1) is 15.3. The van der Waals surface area contributed by atoms with Gasteiger partial charge in [-0.2, -0.15) is 0 Å². The van der Waals surface area contributed by atoms with Crippen LogP contribution in [0.2, 0.25) is 10.0 Å². The number of benzene rings is 2. The Morgan fingerprint density at radius 3 is 2.25 bits per heavy atom. The third-order valence-corrected chi connectivity index (χ3v) is 3.75. The Morgan fingerprint density at radius 1 is 1.15 bits per heavy atom. The van der Waals surface area contributed by atoms with Crippen LogP contribution >= 0.6 is 39.1 Å². The summed E-state index contributed by atoms with van der Waals surface area (Å²) in [7, 11) is 0. The highest BCUT2D eigenvalue weighted by Gasteiger charge is 2.18. The third-order valence-electron chi connectivity index (χ3n) is 2.70. The second-order valence-corrected chi connectivity index (χ2v) is 5.85. The molecular formula is C14H11BrCl2N2O. The summed E-state index contributed by atoms with van der Waals surface area (Å²) >= 11 is 15.4. The largest absolute Gasteiger partial charge is 0.322 e. The number of anilines is 1. The second-order valence-electron chi connectivity index (χ2n) is 4.12. The highest BCUT2D eigenvalue weighted by Crippen LogP contribution is 2.34. The zero-order valence-electron chi connectivity index (χ0n) is 10.2. The van der Waals surface area contributed by atoms with Gasteiger partial charge in [0.2, 0.25) is 5.91 Å². The van der Waals surface area contributed by atoms with Gasteiger partial charge in [-0.3, -0.25) is 4.79 Å². The topological polar surface area (TPSA) is 55.1 Å². The summed E-state index contributed by atoms with van der Waals surface area (Å²) in [4.78, 5) is 12.1. The molecule has 0 radical (unpaired) electrons. The molecule has 0 saturated heterocycles. The van der Waals surface area contributed by atoms with Crippen LogP contribution in [0.25, 0.3) is 0 Å². The molecule has 3 nitrogen and oxygen atoms in total. The quantitative estimate of drug-likeness (QED) is 0.837. The van der Waals surface area contributed by atoms with Crippen molar-refractivity contribution >= 4 is 50.7 Å². The van der Waals surface area contributed by atoms with Crippen molar-refractivity contribution in [3.63, 3.8) is 0 Å². The Bertz CT molecular complexity index is 611. The van der Waals surface area contributed by atoms with E-state index in [4.69, 9.17) is 28.9 Å². The standard InChI is InChI=1S/C14H11BrCl2N2O/c15-9-6-10(16)13(11(17)7-9)19-14(20)12(18)8-4-2-1-3-5-8/h1-7,12H,18H2,(H,19,20)/t12-/m1/s1. The van der Waals surface area contributed by atoms with E-state index in [-0.39, 0.29) is 5.91 Å². The summed E-state index contributed by atoms with van der Waals surface area (Å²) < 4.78 is 0.734. The van der Waals surface area contributed by atoms with E-state index in [1.807, 2.05) is 18.2 Å². The van der Waals surface area contributed by atoms with Gasteiger partial charge in [-0.1, -0.05) is 69.5 Å². The van der Waals surface area contributed by atoms with Crippen molar-refractivity contribution in [1.82, 2.24) is 0 Å². The Balaban J connectivity index is 2.20. The van der Waals surface area contributed by atoms with Crippen LogP contribution in [-0.4, -0.2) is 5.91 Å². The fraction of sp³-hybridized carbons (Fsp3) is 0.0714. The van der Waals surface area contributed by atoms with Crippen LogP contribution in [0, 0.1) is 0 Å². The maximum absolute atomic E-state index is 12.1. The molecule has 3 N–H and O–H groups in total. The van der Waals surface area contributed by atoms with Gasteiger partial charge in [0.1, 0.15) is 6.04 Å². The molecule has 0 aliphatic heterocycles. The van der Waals surface area contributed by atoms with Crippen molar-refractivity contribution in [1.29, 1.82) is 0 Å². The van der Waals surface area contributed by atoms with E-state index in [1.54, 1.807) is 24.3 Å². The highest BCUT2D eigenvalue weighted by molar-refractivity contribution is 9.10. The number of rotatable bonds is 3. The van der Waals surface area contributed by atoms with Crippen molar-refractivity contribution in [2.75, 3.05) is 5.32 Å². The minimum absolute atomic E-state index is 0.345. The van der Waals surface area contributed by atoms with E-state index in [1.165, 1.54) is 0 Å². The lowest BCUT2D eigenvalue weighted by Gasteiger charge is -2.14. The van der Waals surface area contributed by atoms with E-state index < -0.39 is 6.04 Å². The summed E-state index contributed by atoms with van der Waals surface area (Å²) in [5, 5.41) is 3.35. The molecule has 0 aromatic heterocycles. The summed E-state index contributed by atoms with van der Waals surface area (Å²) in [5.41, 5.74) is 6.98. The maximum atomic E-state index is 12.1. The molecule has 2 rings (SSSR count). The summed E-state index contributed by atoms with van der Waals surface area (Å²) in [6.45, 7) is 0. The van der Waals surface area contributed by atoms with Crippen LogP contribution in [0.4, 0.5) is 5.69 Å². The van der Waals surface area contributed by atoms with Crippen LogP contribution < -0.4 is 11.1 Å². The lowest BCUT2D eigenvalue weighted by Crippen LogP contribution is -2.27. The van der Waals surface area contributed by atoms with Crippen LogP contribution in [-0.2, 0) is 4.79 Å². The minimum Gasteiger partial charge on any atom is -0.322 e. The maximum Gasteiger partial charge on any atom is 0.245 e.